The molecule has 1 aromatic carbocycles. The van der Waals surface area contributed by atoms with E-state index < -0.39 is 5.97 Å². The van der Waals surface area contributed by atoms with E-state index in [2.05, 4.69) is 21.2 Å². The van der Waals surface area contributed by atoms with Crippen LogP contribution in [0.4, 0.5) is 5.00 Å². The van der Waals surface area contributed by atoms with Gasteiger partial charge in [-0.3, -0.25) is 4.79 Å². The second-order valence-electron chi connectivity index (χ2n) is 3.77. The van der Waals surface area contributed by atoms with Gasteiger partial charge in [-0.15, -0.1) is 11.3 Å². The molecule has 0 saturated heterocycles. The van der Waals surface area contributed by atoms with Gasteiger partial charge in [0.15, 0.2) is 0 Å². The van der Waals surface area contributed by atoms with Gasteiger partial charge in [-0.25, -0.2) is 4.79 Å². The first-order chi connectivity index (χ1) is 9.51. The van der Waals surface area contributed by atoms with Crippen LogP contribution in [0.2, 0.25) is 0 Å². The van der Waals surface area contributed by atoms with Crippen LogP contribution in [0.15, 0.2) is 34.8 Å². The standard InChI is InChI=1S/C13H10BrNO4S/c1-19-9-6-7(14)2-3-8(9)12(16)15-11-5-4-10(20-11)13(17)18/h2-6H,1H3,(H,15,16)(H,17,18). The number of aromatic carboxylic acids is 1. The number of hydrogen-bond donors (Lipinski definition) is 2. The first-order valence-electron chi connectivity index (χ1n) is 5.49. The lowest BCUT2D eigenvalue weighted by molar-refractivity contribution is 0.0702. The number of carbonyl (C=O) groups excluding carboxylic acids is 1. The van der Waals surface area contributed by atoms with Gasteiger partial charge in [-0.05, 0) is 30.3 Å². The van der Waals surface area contributed by atoms with Crippen molar-refractivity contribution in [3.05, 3.63) is 45.2 Å². The maximum atomic E-state index is 12.1. The molecule has 2 N–H and O–H groups in total. The van der Waals surface area contributed by atoms with E-state index in [1.54, 1.807) is 24.3 Å². The molecule has 2 aromatic rings. The summed E-state index contributed by atoms with van der Waals surface area (Å²) >= 11 is 4.30. The Morgan fingerprint density at radius 3 is 2.65 bits per heavy atom. The molecule has 0 atom stereocenters. The summed E-state index contributed by atoms with van der Waals surface area (Å²) in [6.07, 6.45) is 0. The van der Waals surface area contributed by atoms with Crippen LogP contribution in [0.25, 0.3) is 0 Å². The van der Waals surface area contributed by atoms with Crippen LogP contribution in [-0.4, -0.2) is 24.1 Å². The smallest absolute Gasteiger partial charge is 0.345 e. The van der Waals surface area contributed by atoms with Crippen LogP contribution in [0.5, 0.6) is 5.75 Å². The number of amides is 1. The minimum Gasteiger partial charge on any atom is -0.496 e. The summed E-state index contributed by atoms with van der Waals surface area (Å²) in [5.41, 5.74) is 0.376. The number of rotatable bonds is 4. The molecule has 104 valence electrons. The van der Waals surface area contributed by atoms with Gasteiger partial charge in [0.25, 0.3) is 5.91 Å². The number of methoxy groups -OCH3 is 1. The lowest BCUT2D eigenvalue weighted by Gasteiger charge is -2.08. The number of carboxylic acid groups (broad SMARTS) is 1. The molecule has 0 aliphatic heterocycles. The summed E-state index contributed by atoms with van der Waals surface area (Å²) < 4.78 is 5.95. The Hall–Kier alpha value is -1.86. The summed E-state index contributed by atoms with van der Waals surface area (Å²) in [5, 5.41) is 12.0. The van der Waals surface area contributed by atoms with Crippen LogP contribution in [-0.2, 0) is 0 Å². The van der Waals surface area contributed by atoms with Gasteiger partial charge in [0.05, 0.1) is 17.7 Å². The molecule has 5 nitrogen and oxygen atoms in total. The van der Waals surface area contributed by atoms with E-state index in [0.717, 1.165) is 15.8 Å². The van der Waals surface area contributed by atoms with Crippen LogP contribution in [0.1, 0.15) is 20.0 Å². The number of anilines is 1. The average molecular weight is 356 g/mol. The summed E-state index contributed by atoms with van der Waals surface area (Å²) in [5.74, 6) is -0.934. The molecule has 7 heteroatoms. The Labute approximate surface area is 127 Å². The highest BCUT2D eigenvalue weighted by atomic mass is 79.9. The molecule has 1 heterocycles. The van der Waals surface area contributed by atoms with Gasteiger partial charge < -0.3 is 15.2 Å². The van der Waals surface area contributed by atoms with Gasteiger partial charge in [0.2, 0.25) is 0 Å². The zero-order valence-electron chi connectivity index (χ0n) is 10.3. The molecule has 0 saturated carbocycles. The van der Waals surface area contributed by atoms with Crippen molar-refractivity contribution in [2.75, 3.05) is 12.4 Å². The molecule has 2 rings (SSSR count). The van der Waals surface area contributed by atoms with E-state index in [1.807, 2.05) is 0 Å². The Morgan fingerprint density at radius 1 is 1.30 bits per heavy atom. The van der Waals surface area contributed by atoms with E-state index >= 15 is 0 Å². The normalized spacial score (nSPS) is 10.1. The number of thiophene rings is 1. The van der Waals surface area contributed by atoms with Crippen molar-refractivity contribution in [2.24, 2.45) is 0 Å². The molecule has 0 spiro atoms. The lowest BCUT2D eigenvalue weighted by atomic mass is 10.2. The third-order valence-corrected chi connectivity index (χ3v) is 3.94. The predicted octanol–water partition coefficient (Wildman–Crippen LogP) is 3.47. The van der Waals surface area contributed by atoms with Crippen molar-refractivity contribution in [1.29, 1.82) is 0 Å². The van der Waals surface area contributed by atoms with E-state index in [4.69, 9.17) is 9.84 Å². The number of carbonyl (C=O) groups is 2. The topological polar surface area (TPSA) is 75.6 Å². The van der Waals surface area contributed by atoms with Crippen LogP contribution in [0, 0.1) is 0 Å². The fourth-order valence-corrected chi connectivity index (χ4v) is 2.63. The number of carboxylic acids is 1. The SMILES string of the molecule is COc1cc(Br)ccc1C(=O)Nc1ccc(C(=O)O)s1. The van der Waals surface area contributed by atoms with Crippen molar-refractivity contribution in [1.82, 2.24) is 0 Å². The second kappa shape index (κ2) is 6.06. The van der Waals surface area contributed by atoms with Crippen molar-refractivity contribution in [3.8, 4) is 5.75 Å². The molecule has 1 aromatic heterocycles. The molecule has 0 unspecified atom stereocenters. The Morgan fingerprint density at radius 2 is 2.05 bits per heavy atom. The molecular formula is C13H10BrNO4S. The molecule has 0 aliphatic carbocycles. The summed E-state index contributed by atoms with van der Waals surface area (Å²) in [4.78, 5) is 23.1. The number of ether oxygens (including phenoxy) is 1. The maximum absolute atomic E-state index is 12.1. The minimum atomic E-state index is -1.02. The zero-order valence-corrected chi connectivity index (χ0v) is 12.7. The third-order valence-electron chi connectivity index (χ3n) is 2.46. The number of benzene rings is 1. The highest BCUT2D eigenvalue weighted by Gasteiger charge is 2.14. The monoisotopic (exact) mass is 355 g/mol. The summed E-state index contributed by atoms with van der Waals surface area (Å²) in [6, 6.07) is 8.04. The van der Waals surface area contributed by atoms with Gasteiger partial charge in [0, 0.05) is 4.47 Å². The Kier molecular flexibility index (Phi) is 4.41. The molecule has 0 fully saturated rings. The molecular weight excluding hydrogens is 346 g/mol. The van der Waals surface area contributed by atoms with E-state index in [-0.39, 0.29) is 10.8 Å². The fraction of sp³-hybridized carbons (Fsp3) is 0.0769. The quantitative estimate of drug-likeness (QED) is 0.880. The molecule has 20 heavy (non-hydrogen) atoms. The summed E-state index contributed by atoms with van der Waals surface area (Å²) in [6.45, 7) is 0. The third kappa shape index (κ3) is 3.17. The average Bonchev–Trinajstić information content (AvgIpc) is 2.87. The zero-order chi connectivity index (χ0) is 14.7. The first-order valence-corrected chi connectivity index (χ1v) is 7.10. The first kappa shape index (κ1) is 14.5. The number of halogens is 1. The van der Waals surface area contributed by atoms with E-state index in [9.17, 15) is 9.59 Å². The number of hydrogen-bond acceptors (Lipinski definition) is 4. The molecule has 0 radical (unpaired) electrons. The van der Waals surface area contributed by atoms with Crippen molar-refractivity contribution in [2.45, 2.75) is 0 Å². The highest BCUT2D eigenvalue weighted by molar-refractivity contribution is 9.10. The van der Waals surface area contributed by atoms with Crippen molar-refractivity contribution < 1.29 is 19.4 Å². The molecule has 1 amide bonds. The van der Waals surface area contributed by atoms with Gasteiger partial charge >= 0.3 is 5.97 Å². The van der Waals surface area contributed by atoms with E-state index in [0.29, 0.717) is 16.3 Å². The van der Waals surface area contributed by atoms with Crippen molar-refractivity contribution >= 4 is 44.1 Å². The Balaban J connectivity index is 2.21. The van der Waals surface area contributed by atoms with Crippen LogP contribution in [0.3, 0.4) is 0 Å². The Bertz CT molecular complexity index is 668. The van der Waals surface area contributed by atoms with Gasteiger partial charge in [-0.1, -0.05) is 15.9 Å². The van der Waals surface area contributed by atoms with E-state index in [1.165, 1.54) is 13.2 Å². The highest BCUT2D eigenvalue weighted by Crippen LogP contribution is 2.26. The minimum absolute atomic E-state index is 0.170. The van der Waals surface area contributed by atoms with Gasteiger partial charge in [0.1, 0.15) is 10.6 Å². The molecule has 0 aliphatic rings. The molecule has 0 bridgehead atoms. The number of nitrogens with one attached hydrogen (secondary N) is 1. The maximum Gasteiger partial charge on any atom is 0.345 e. The predicted molar refractivity (Wildman–Crippen MR) is 79.9 cm³/mol. The fourth-order valence-electron chi connectivity index (χ4n) is 1.55. The van der Waals surface area contributed by atoms with Crippen LogP contribution < -0.4 is 10.1 Å². The van der Waals surface area contributed by atoms with Crippen LogP contribution >= 0.6 is 27.3 Å². The largest absolute Gasteiger partial charge is 0.496 e. The lowest BCUT2D eigenvalue weighted by Crippen LogP contribution is -2.12. The van der Waals surface area contributed by atoms with Gasteiger partial charge in [-0.2, -0.15) is 0 Å². The van der Waals surface area contributed by atoms with Crippen molar-refractivity contribution in [3.63, 3.8) is 0 Å². The second-order valence-corrected chi connectivity index (χ2v) is 5.77. The summed E-state index contributed by atoms with van der Waals surface area (Å²) in [7, 11) is 1.48.